The third-order valence-electron chi connectivity index (χ3n) is 5.33. The van der Waals surface area contributed by atoms with Crippen molar-refractivity contribution in [2.24, 2.45) is 11.7 Å². The summed E-state index contributed by atoms with van der Waals surface area (Å²) in [6.07, 6.45) is 0. The molecule has 0 bridgehead atoms. The van der Waals surface area contributed by atoms with E-state index in [9.17, 15) is 0 Å². The lowest BCUT2D eigenvalue weighted by Gasteiger charge is -2.16. The zero-order valence-electron chi connectivity index (χ0n) is 15.1. The number of aromatic nitrogens is 1. The SMILES string of the molecule is Cc1ccc(-c2cc(CN3C[C@@H](CN)[C@H](c4ccccc4)C3)on2)cc1. The minimum atomic E-state index is 0.483. The average molecular weight is 347 g/mol. The van der Waals surface area contributed by atoms with E-state index in [1.807, 2.05) is 0 Å². The van der Waals surface area contributed by atoms with Crippen molar-refractivity contribution in [3.05, 3.63) is 77.6 Å². The summed E-state index contributed by atoms with van der Waals surface area (Å²) in [5, 5.41) is 4.25. The molecule has 26 heavy (non-hydrogen) atoms. The standard InChI is InChI=1S/C22H25N3O/c1-16-7-9-18(10-8-16)22-11-20(26-24-22)14-25-13-19(12-23)21(15-25)17-5-3-2-4-6-17/h2-11,19,21H,12-15,23H2,1H3/t19-,21+/m1/s1. The van der Waals surface area contributed by atoms with Crippen molar-refractivity contribution in [3.8, 4) is 11.3 Å². The number of likely N-dealkylation sites (tertiary alicyclic amines) is 1. The summed E-state index contributed by atoms with van der Waals surface area (Å²) < 4.78 is 5.60. The van der Waals surface area contributed by atoms with Crippen molar-refractivity contribution >= 4 is 0 Å². The Hall–Kier alpha value is -2.43. The van der Waals surface area contributed by atoms with E-state index in [0.717, 1.165) is 36.7 Å². The molecule has 1 saturated heterocycles. The van der Waals surface area contributed by atoms with E-state index in [4.69, 9.17) is 10.3 Å². The highest BCUT2D eigenvalue weighted by Gasteiger charge is 2.33. The summed E-state index contributed by atoms with van der Waals surface area (Å²) in [7, 11) is 0. The zero-order valence-corrected chi connectivity index (χ0v) is 15.1. The summed E-state index contributed by atoms with van der Waals surface area (Å²) in [5.74, 6) is 1.88. The molecule has 0 spiro atoms. The Kier molecular flexibility index (Phi) is 4.87. The van der Waals surface area contributed by atoms with Crippen LogP contribution in [-0.2, 0) is 6.54 Å². The molecule has 0 radical (unpaired) electrons. The van der Waals surface area contributed by atoms with Crippen molar-refractivity contribution in [2.45, 2.75) is 19.4 Å². The summed E-state index contributed by atoms with van der Waals surface area (Å²) in [4.78, 5) is 2.43. The lowest BCUT2D eigenvalue weighted by Crippen LogP contribution is -2.23. The van der Waals surface area contributed by atoms with Gasteiger partial charge in [-0.2, -0.15) is 0 Å². The smallest absolute Gasteiger partial charge is 0.151 e. The van der Waals surface area contributed by atoms with Gasteiger partial charge >= 0.3 is 0 Å². The fourth-order valence-corrected chi connectivity index (χ4v) is 3.87. The minimum Gasteiger partial charge on any atom is -0.359 e. The second-order valence-corrected chi connectivity index (χ2v) is 7.25. The van der Waals surface area contributed by atoms with Crippen LogP contribution in [0, 0.1) is 12.8 Å². The Morgan fingerprint density at radius 3 is 2.58 bits per heavy atom. The van der Waals surface area contributed by atoms with Crippen LogP contribution in [0.1, 0.15) is 22.8 Å². The highest BCUT2D eigenvalue weighted by Crippen LogP contribution is 2.33. The fourth-order valence-electron chi connectivity index (χ4n) is 3.87. The number of rotatable bonds is 5. The van der Waals surface area contributed by atoms with Gasteiger partial charge in [-0.25, -0.2) is 0 Å². The first kappa shape index (κ1) is 17.0. The second-order valence-electron chi connectivity index (χ2n) is 7.25. The van der Waals surface area contributed by atoms with Gasteiger partial charge in [-0.05, 0) is 24.9 Å². The van der Waals surface area contributed by atoms with Gasteiger partial charge < -0.3 is 10.3 Å². The molecular formula is C22H25N3O. The molecule has 2 heterocycles. The summed E-state index contributed by atoms with van der Waals surface area (Å²) in [6, 6.07) is 21.1. The molecule has 4 rings (SSSR count). The molecular weight excluding hydrogens is 322 g/mol. The van der Waals surface area contributed by atoms with Crippen LogP contribution in [0.15, 0.2) is 65.2 Å². The van der Waals surface area contributed by atoms with E-state index in [1.165, 1.54) is 11.1 Å². The molecule has 134 valence electrons. The maximum absolute atomic E-state index is 6.05. The quantitative estimate of drug-likeness (QED) is 0.762. The molecule has 4 heteroatoms. The average Bonchev–Trinajstić information content (AvgIpc) is 3.30. The van der Waals surface area contributed by atoms with E-state index in [2.05, 4.69) is 77.6 Å². The van der Waals surface area contributed by atoms with E-state index < -0.39 is 0 Å². The number of hydrogen-bond acceptors (Lipinski definition) is 4. The first-order valence-electron chi connectivity index (χ1n) is 9.23. The van der Waals surface area contributed by atoms with Crippen LogP contribution >= 0.6 is 0 Å². The normalized spacial score (nSPS) is 20.5. The summed E-state index contributed by atoms with van der Waals surface area (Å²) >= 11 is 0. The number of hydrogen-bond donors (Lipinski definition) is 1. The van der Waals surface area contributed by atoms with Gasteiger partial charge in [-0.15, -0.1) is 0 Å². The monoisotopic (exact) mass is 347 g/mol. The molecule has 1 fully saturated rings. The number of benzene rings is 2. The van der Waals surface area contributed by atoms with E-state index >= 15 is 0 Å². The molecule has 2 atom stereocenters. The maximum atomic E-state index is 6.05. The molecule has 4 nitrogen and oxygen atoms in total. The Morgan fingerprint density at radius 1 is 1.08 bits per heavy atom. The Labute approximate surface area is 154 Å². The zero-order chi connectivity index (χ0) is 17.9. The van der Waals surface area contributed by atoms with Crippen LogP contribution in [0.25, 0.3) is 11.3 Å². The van der Waals surface area contributed by atoms with E-state index in [1.54, 1.807) is 0 Å². The van der Waals surface area contributed by atoms with Crippen molar-refractivity contribution in [2.75, 3.05) is 19.6 Å². The number of nitrogens with zero attached hydrogens (tertiary/aromatic N) is 2. The molecule has 1 aliphatic heterocycles. The lowest BCUT2D eigenvalue weighted by atomic mass is 9.89. The minimum absolute atomic E-state index is 0.483. The molecule has 1 aromatic heterocycles. The van der Waals surface area contributed by atoms with Gasteiger partial charge in [0, 0.05) is 30.6 Å². The molecule has 0 unspecified atom stereocenters. The van der Waals surface area contributed by atoms with Crippen molar-refractivity contribution in [1.82, 2.24) is 10.1 Å². The second kappa shape index (κ2) is 7.44. The largest absolute Gasteiger partial charge is 0.359 e. The van der Waals surface area contributed by atoms with Gasteiger partial charge in [0.1, 0.15) is 5.69 Å². The van der Waals surface area contributed by atoms with Crippen LogP contribution < -0.4 is 5.73 Å². The first-order chi connectivity index (χ1) is 12.7. The number of aryl methyl sites for hydroxylation is 1. The Balaban J connectivity index is 1.46. The highest BCUT2D eigenvalue weighted by atomic mass is 16.5. The van der Waals surface area contributed by atoms with Gasteiger partial charge in [0.25, 0.3) is 0 Å². The van der Waals surface area contributed by atoms with Gasteiger partial charge in [-0.3, -0.25) is 4.90 Å². The molecule has 0 aliphatic carbocycles. The third kappa shape index (κ3) is 3.57. The summed E-state index contributed by atoms with van der Waals surface area (Å²) in [6.45, 7) is 5.57. The topological polar surface area (TPSA) is 55.3 Å². The van der Waals surface area contributed by atoms with Gasteiger partial charge in [0.15, 0.2) is 5.76 Å². The van der Waals surface area contributed by atoms with Gasteiger partial charge in [-0.1, -0.05) is 65.3 Å². The molecule has 0 saturated carbocycles. The molecule has 2 N–H and O–H groups in total. The van der Waals surface area contributed by atoms with E-state index in [-0.39, 0.29) is 0 Å². The van der Waals surface area contributed by atoms with Crippen LogP contribution in [0.5, 0.6) is 0 Å². The van der Waals surface area contributed by atoms with Gasteiger partial charge in [0.05, 0.1) is 6.54 Å². The third-order valence-corrected chi connectivity index (χ3v) is 5.33. The number of nitrogens with two attached hydrogens (primary N) is 1. The van der Waals surface area contributed by atoms with Crippen LogP contribution in [0.3, 0.4) is 0 Å². The van der Waals surface area contributed by atoms with Crippen LogP contribution in [0.4, 0.5) is 0 Å². The predicted octanol–water partition coefficient (Wildman–Crippen LogP) is 3.82. The summed E-state index contributed by atoms with van der Waals surface area (Å²) in [5.41, 5.74) is 10.7. The highest BCUT2D eigenvalue weighted by molar-refractivity contribution is 5.59. The van der Waals surface area contributed by atoms with Gasteiger partial charge in [0.2, 0.25) is 0 Å². The molecule has 0 amide bonds. The van der Waals surface area contributed by atoms with Crippen molar-refractivity contribution < 1.29 is 4.52 Å². The Bertz CT molecular complexity index is 841. The molecule has 3 aromatic rings. The Morgan fingerprint density at radius 2 is 1.85 bits per heavy atom. The van der Waals surface area contributed by atoms with Crippen LogP contribution in [-0.4, -0.2) is 29.7 Å². The first-order valence-corrected chi connectivity index (χ1v) is 9.23. The van der Waals surface area contributed by atoms with E-state index in [0.29, 0.717) is 18.4 Å². The fraction of sp³-hybridized carbons (Fsp3) is 0.318. The van der Waals surface area contributed by atoms with Crippen molar-refractivity contribution in [1.29, 1.82) is 0 Å². The predicted molar refractivity (Wildman–Crippen MR) is 104 cm³/mol. The maximum Gasteiger partial charge on any atom is 0.151 e. The van der Waals surface area contributed by atoms with Crippen LogP contribution in [0.2, 0.25) is 0 Å². The molecule has 2 aromatic carbocycles. The molecule has 1 aliphatic rings. The van der Waals surface area contributed by atoms with Crippen molar-refractivity contribution in [3.63, 3.8) is 0 Å². The lowest BCUT2D eigenvalue weighted by molar-refractivity contribution is 0.266.